The average Bonchev–Trinajstić information content (AvgIpc) is 3.24. The number of benzene rings is 1. The smallest absolute Gasteiger partial charge is 0.414 e. The zero-order valence-corrected chi connectivity index (χ0v) is 20.9. The molecule has 1 atom stereocenters. The number of esters is 1. The normalized spacial score (nSPS) is 17.9. The number of pyridine rings is 2. The van der Waals surface area contributed by atoms with Crippen molar-refractivity contribution in [3.8, 4) is 17.1 Å². The van der Waals surface area contributed by atoms with Gasteiger partial charge >= 0.3 is 12.1 Å². The molecule has 2 aliphatic rings. The maximum absolute atomic E-state index is 13.4. The molecule has 1 amide bonds. The molecule has 5 rings (SSSR count). The van der Waals surface area contributed by atoms with Crippen LogP contribution in [0.3, 0.4) is 0 Å². The third-order valence-electron chi connectivity index (χ3n) is 7.21. The van der Waals surface area contributed by atoms with E-state index >= 15 is 0 Å². The summed E-state index contributed by atoms with van der Waals surface area (Å²) in [6.07, 6.45) is 1.18. The molecule has 0 saturated heterocycles. The Balaban J connectivity index is 1.64. The van der Waals surface area contributed by atoms with E-state index < -0.39 is 17.7 Å². The third kappa shape index (κ3) is 3.49. The first-order chi connectivity index (χ1) is 17.2. The predicted octanol–water partition coefficient (Wildman–Crippen LogP) is 3.48. The van der Waals surface area contributed by atoms with E-state index in [2.05, 4.69) is 0 Å². The van der Waals surface area contributed by atoms with Crippen molar-refractivity contribution in [2.24, 2.45) is 0 Å². The van der Waals surface area contributed by atoms with Crippen molar-refractivity contribution in [2.45, 2.75) is 58.8 Å². The number of amides is 1. The zero-order valence-electron chi connectivity index (χ0n) is 20.9. The molecule has 188 valence electrons. The number of hydrogen-bond donors (Lipinski definition) is 1. The van der Waals surface area contributed by atoms with E-state index in [0.29, 0.717) is 53.3 Å². The number of ether oxygens (including phenoxy) is 2. The first kappa shape index (κ1) is 24.0. The highest BCUT2D eigenvalue weighted by molar-refractivity contribution is 5.90. The number of carbonyl (C=O) groups excluding carboxylic acids is 2. The molecule has 1 N–H and O–H groups in total. The number of fused-ring (bicyclic) bond motifs is 5. The fraction of sp³-hybridized carbons (Fsp3) is 0.407. The second-order valence-corrected chi connectivity index (χ2v) is 9.34. The predicted molar refractivity (Wildman–Crippen MR) is 133 cm³/mol. The van der Waals surface area contributed by atoms with Crippen LogP contribution in [-0.4, -0.2) is 45.2 Å². The number of aliphatic hydroxyl groups is 1. The van der Waals surface area contributed by atoms with Crippen LogP contribution in [0, 0.1) is 0 Å². The van der Waals surface area contributed by atoms with E-state index in [1.165, 1.54) is 4.90 Å². The summed E-state index contributed by atoms with van der Waals surface area (Å²) in [5, 5.41) is 11.9. The van der Waals surface area contributed by atoms with Crippen molar-refractivity contribution in [2.75, 3.05) is 13.6 Å². The van der Waals surface area contributed by atoms with Crippen molar-refractivity contribution in [3.63, 3.8) is 0 Å². The van der Waals surface area contributed by atoms with Crippen LogP contribution in [0.5, 0.6) is 5.75 Å². The van der Waals surface area contributed by atoms with Crippen molar-refractivity contribution in [1.82, 2.24) is 14.5 Å². The Hall–Kier alpha value is -3.72. The van der Waals surface area contributed by atoms with Gasteiger partial charge in [0.05, 0.1) is 29.0 Å². The van der Waals surface area contributed by atoms with Gasteiger partial charge in [-0.2, -0.15) is 0 Å². The van der Waals surface area contributed by atoms with Gasteiger partial charge < -0.3 is 24.0 Å². The minimum atomic E-state index is -1.86. The van der Waals surface area contributed by atoms with Crippen molar-refractivity contribution < 1.29 is 24.2 Å². The maximum Gasteiger partial charge on any atom is 0.414 e. The minimum Gasteiger partial charge on any atom is -0.458 e. The van der Waals surface area contributed by atoms with Crippen LogP contribution < -0.4 is 10.3 Å². The lowest BCUT2D eigenvalue weighted by atomic mass is 9.86. The molecular formula is C27H29N3O6. The molecule has 2 aliphatic heterocycles. The molecule has 9 nitrogen and oxygen atoms in total. The van der Waals surface area contributed by atoms with Crippen LogP contribution in [0.15, 0.2) is 29.1 Å². The molecule has 0 spiro atoms. The van der Waals surface area contributed by atoms with Gasteiger partial charge in [-0.1, -0.05) is 20.8 Å². The van der Waals surface area contributed by atoms with E-state index in [1.807, 2.05) is 19.9 Å². The molecule has 0 aliphatic carbocycles. The van der Waals surface area contributed by atoms with Gasteiger partial charge in [-0.3, -0.25) is 4.79 Å². The van der Waals surface area contributed by atoms with Crippen molar-refractivity contribution >= 4 is 23.0 Å². The molecule has 0 radical (unpaired) electrons. The number of nitrogens with zero attached hydrogens (tertiary/aromatic N) is 3. The summed E-state index contributed by atoms with van der Waals surface area (Å²) in [6.45, 7) is 6.46. The summed E-state index contributed by atoms with van der Waals surface area (Å²) in [7, 11) is 1.70. The van der Waals surface area contributed by atoms with Gasteiger partial charge in [0.15, 0.2) is 5.60 Å². The standard InChI is InChI=1S/C27H29N3O6/c1-5-10-29(4)26(33)36-15-8-9-21-17(11-15)16(6-2)18-13-30-22(23(18)28-21)12-20-19(24(30)31)14-35-25(32)27(20,34)7-3/h8-9,11-12,34H,5-7,10,13-14H2,1-4H3/t27-/m0/s1. The van der Waals surface area contributed by atoms with Gasteiger partial charge in [0, 0.05) is 30.1 Å². The van der Waals surface area contributed by atoms with Crippen LogP contribution in [-0.2, 0) is 34.7 Å². The molecule has 1 aromatic carbocycles. The highest BCUT2D eigenvalue weighted by Crippen LogP contribution is 2.40. The highest BCUT2D eigenvalue weighted by atomic mass is 16.6. The number of rotatable bonds is 5. The Morgan fingerprint density at radius 1 is 1.22 bits per heavy atom. The Kier molecular flexibility index (Phi) is 5.83. The third-order valence-corrected chi connectivity index (χ3v) is 7.21. The van der Waals surface area contributed by atoms with Crippen LogP contribution in [0.25, 0.3) is 22.3 Å². The quantitative estimate of drug-likeness (QED) is 0.426. The van der Waals surface area contributed by atoms with Crippen LogP contribution in [0.4, 0.5) is 4.79 Å². The second kappa shape index (κ2) is 8.74. The monoisotopic (exact) mass is 491 g/mol. The lowest BCUT2D eigenvalue weighted by Crippen LogP contribution is -2.44. The molecule has 0 saturated carbocycles. The number of carbonyl (C=O) groups is 2. The van der Waals surface area contributed by atoms with Gasteiger partial charge in [0.2, 0.25) is 0 Å². The summed E-state index contributed by atoms with van der Waals surface area (Å²) in [6, 6.07) is 7.04. The lowest BCUT2D eigenvalue weighted by Gasteiger charge is -2.31. The summed E-state index contributed by atoms with van der Waals surface area (Å²) in [5.41, 5.74) is 2.28. The minimum absolute atomic E-state index is 0.0921. The van der Waals surface area contributed by atoms with Crippen LogP contribution in [0.1, 0.15) is 55.9 Å². The lowest BCUT2D eigenvalue weighted by molar-refractivity contribution is -0.172. The SMILES string of the molecule is CCCN(C)C(=O)Oc1ccc2nc3c(c(CC)c2c1)Cn1c-3cc2c(c1=O)COC(=O)[C@]2(O)CC. The number of aryl methyl sites for hydroxylation is 1. The van der Waals surface area contributed by atoms with E-state index in [4.69, 9.17) is 14.5 Å². The molecule has 0 fully saturated rings. The molecule has 9 heteroatoms. The molecule has 0 bridgehead atoms. The Labute approximate surface area is 208 Å². The summed E-state index contributed by atoms with van der Waals surface area (Å²) in [5.74, 6) is -0.314. The average molecular weight is 492 g/mol. The van der Waals surface area contributed by atoms with Crippen LogP contribution in [0.2, 0.25) is 0 Å². The van der Waals surface area contributed by atoms with Crippen molar-refractivity contribution in [1.29, 1.82) is 0 Å². The zero-order chi connectivity index (χ0) is 25.8. The number of cyclic esters (lactones) is 1. The summed E-state index contributed by atoms with van der Waals surface area (Å²) in [4.78, 5) is 44.6. The van der Waals surface area contributed by atoms with Gasteiger partial charge in [-0.15, -0.1) is 0 Å². The van der Waals surface area contributed by atoms with Gasteiger partial charge in [0.25, 0.3) is 5.56 Å². The second-order valence-electron chi connectivity index (χ2n) is 9.34. The maximum atomic E-state index is 13.4. The fourth-order valence-electron chi connectivity index (χ4n) is 5.21. The molecule has 3 aromatic rings. The molecule has 4 heterocycles. The van der Waals surface area contributed by atoms with E-state index in [1.54, 1.807) is 36.7 Å². The van der Waals surface area contributed by atoms with E-state index in [9.17, 15) is 19.5 Å². The van der Waals surface area contributed by atoms with Crippen molar-refractivity contribution in [3.05, 3.63) is 56.9 Å². The first-order valence-corrected chi connectivity index (χ1v) is 12.3. The van der Waals surface area contributed by atoms with E-state index in [-0.39, 0.29) is 18.6 Å². The fourth-order valence-corrected chi connectivity index (χ4v) is 5.21. The van der Waals surface area contributed by atoms with Gasteiger partial charge in [-0.05, 0) is 49.1 Å². The molecular weight excluding hydrogens is 462 g/mol. The number of aromatic nitrogens is 2. The largest absolute Gasteiger partial charge is 0.458 e. The topological polar surface area (TPSA) is 111 Å². The van der Waals surface area contributed by atoms with E-state index in [0.717, 1.165) is 22.9 Å². The summed E-state index contributed by atoms with van der Waals surface area (Å²) < 4.78 is 12.4. The Morgan fingerprint density at radius 2 is 2.00 bits per heavy atom. The number of hydrogen-bond acceptors (Lipinski definition) is 7. The molecule has 36 heavy (non-hydrogen) atoms. The highest BCUT2D eigenvalue weighted by Gasteiger charge is 2.45. The van der Waals surface area contributed by atoms with Crippen LogP contribution >= 0.6 is 0 Å². The summed E-state index contributed by atoms with van der Waals surface area (Å²) >= 11 is 0. The molecule has 0 unspecified atom stereocenters. The Morgan fingerprint density at radius 3 is 2.69 bits per heavy atom. The van der Waals surface area contributed by atoms with Gasteiger partial charge in [-0.25, -0.2) is 14.6 Å². The molecule has 2 aromatic heterocycles. The first-order valence-electron chi connectivity index (χ1n) is 12.3. The Bertz CT molecular complexity index is 1480. The van der Waals surface area contributed by atoms with Gasteiger partial charge in [0.1, 0.15) is 12.4 Å².